The molecule has 0 fully saturated rings. The quantitative estimate of drug-likeness (QED) is 0.909. The number of aromatic amines is 1. The number of rotatable bonds is 4. The molecule has 3 rings (SSSR count). The van der Waals surface area contributed by atoms with Gasteiger partial charge in [0.2, 0.25) is 0 Å². The molecule has 1 aliphatic rings. The Labute approximate surface area is 120 Å². The third-order valence-electron chi connectivity index (χ3n) is 3.28. The average Bonchev–Trinajstić information content (AvgIpc) is 3.01. The van der Waals surface area contributed by atoms with E-state index in [1.165, 1.54) is 5.56 Å². The largest absolute Gasteiger partial charge is 0.493 e. The minimum absolute atomic E-state index is 0.786. The molecule has 1 aromatic carbocycles. The normalized spacial score (nSPS) is 13.4. The monoisotopic (exact) mass is 321 g/mol. The maximum absolute atomic E-state index is 5.53. The van der Waals surface area contributed by atoms with Gasteiger partial charge in [-0.05, 0) is 46.7 Å². The average molecular weight is 322 g/mol. The summed E-state index contributed by atoms with van der Waals surface area (Å²) < 4.78 is 6.47. The van der Waals surface area contributed by atoms with Gasteiger partial charge in [-0.1, -0.05) is 0 Å². The topological polar surface area (TPSA) is 49.9 Å². The predicted molar refractivity (Wildman–Crippen MR) is 78.6 cm³/mol. The summed E-state index contributed by atoms with van der Waals surface area (Å²) in [6.07, 6.45) is 1.88. The molecule has 0 radical (unpaired) electrons. The number of likely N-dealkylation sites (N-methyl/N-ethyl adjacent to an activating group) is 1. The van der Waals surface area contributed by atoms with Crippen molar-refractivity contribution in [3.05, 3.63) is 34.2 Å². The van der Waals surface area contributed by atoms with E-state index in [1.807, 2.05) is 13.1 Å². The van der Waals surface area contributed by atoms with Crippen molar-refractivity contribution in [2.45, 2.75) is 12.8 Å². The number of hydrogen-bond donors (Lipinski definition) is 2. The van der Waals surface area contributed by atoms with Gasteiger partial charge >= 0.3 is 0 Å². The number of halogens is 1. The first-order chi connectivity index (χ1) is 9.28. The van der Waals surface area contributed by atoms with E-state index in [1.54, 1.807) is 0 Å². The summed E-state index contributed by atoms with van der Waals surface area (Å²) in [5.74, 6) is 2.00. The Morgan fingerprint density at radius 2 is 2.37 bits per heavy atom. The van der Waals surface area contributed by atoms with E-state index in [9.17, 15) is 0 Å². The molecule has 0 atom stereocenters. The van der Waals surface area contributed by atoms with Crippen LogP contribution in [0.15, 0.2) is 22.8 Å². The minimum atomic E-state index is 0.786. The Hall–Kier alpha value is -1.33. The van der Waals surface area contributed by atoms with Gasteiger partial charge in [0, 0.05) is 24.9 Å². The number of hydrogen-bond acceptors (Lipinski definition) is 3. The fourth-order valence-corrected chi connectivity index (χ4v) is 2.83. The summed E-state index contributed by atoms with van der Waals surface area (Å²) in [5.41, 5.74) is 3.37. The number of fused-ring (bicyclic) bond motifs is 1. The van der Waals surface area contributed by atoms with E-state index >= 15 is 0 Å². The molecule has 5 heteroatoms. The minimum Gasteiger partial charge on any atom is -0.493 e. The first-order valence-corrected chi connectivity index (χ1v) is 7.22. The van der Waals surface area contributed by atoms with Gasteiger partial charge in [-0.15, -0.1) is 0 Å². The Balaban J connectivity index is 1.91. The standard InChI is InChI=1S/C14H16BrN3O/c1-16-6-4-12-17-13(14(15)18-12)10-2-3-11-9(8-10)5-7-19-11/h2-3,8,16H,4-7H2,1H3,(H,17,18). The van der Waals surface area contributed by atoms with Crippen LogP contribution in [-0.2, 0) is 12.8 Å². The van der Waals surface area contributed by atoms with Gasteiger partial charge in [-0.3, -0.25) is 0 Å². The van der Waals surface area contributed by atoms with Gasteiger partial charge in [-0.25, -0.2) is 4.98 Å². The Morgan fingerprint density at radius 1 is 1.47 bits per heavy atom. The fourth-order valence-electron chi connectivity index (χ4n) is 2.28. The summed E-state index contributed by atoms with van der Waals surface area (Å²) in [4.78, 5) is 7.94. The zero-order chi connectivity index (χ0) is 13.2. The highest BCUT2D eigenvalue weighted by molar-refractivity contribution is 9.10. The molecule has 0 saturated carbocycles. The van der Waals surface area contributed by atoms with Crippen LogP contribution in [0.2, 0.25) is 0 Å². The van der Waals surface area contributed by atoms with Crippen LogP contribution in [0.3, 0.4) is 0 Å². The lowest BCUT2D eigenvalue weighted by molar-refractivity contribution is 0.357. The molecule has 1 aliphatic heterocycles. The summed E-state index contributed by atoms with van der Waals surface area (Å²) in [6.45, 7) is 1.70. The SMILES string of the molecule is CNCCc1nc(-c2ccc3c(c2)CCO3)c(Br)[nH]1. The first-order valence-electron chi connectivity index (χ1n) is 6.43. The molecule has 4 nitrogen and oxygen atoms in total. The second kappa shape index (κ2) is 5.35. The summed E-state index contributed by atoms with van der Waals surface area (Å²) in [5, 5.41) is 3.13. The molecule has 0 aliphatic carbocycles. The molecule has 100 valence electrons. The molecule has 2 heterocycles. The van der Waals surface area contributed by atoms with E-state index in [0.29, 0.717) is 0 Å². The van der Waals surface area contributed by atoms with Crippen molar-refractivity contribution < 1.29 is 4.74 Å². The maximum Gasteiger partial charge on any atom is 0.122 e. The Bertz CT molecular complexity index is 594. The van der Waals surface area contributed by atoms with Crippen LogP contribution in [0.5, 0.6) is 5.75 Å². The zero-order valence-corrected chi connectivity index (χ0v) is 12.4. The third-order valence-corrected chi connectivity index (χ3v) is 3.86. The fraction of sp³-hybridized carbons (Fsp3) is 0.357. The Morgan fingerprint density at radius 3 is 3.21 bits per heavy atom. The number of nitrogens with one attached hydrogen (secondary N) is 2. The second-order valence-corrected chi connectivity index (χ2v) is 5.41. The maximum atomic E-state index is 5.53. The van der Waals surface area contributed by atoms with Crippen molar-refractivity contribution in [1.82, 2.24) is 15.3 Å². The van der Waals surface area contributed by atoms with E-state index < -0.39 is 0 Å². The molecule has 19 heavy (non-hydrogen) atoms. The van der Waals surface area contributed by atoms with Crippen LogP contribution in [0.25, 0.3) is 11.3 Å². The van der Waals surface area contributed by atoms with Crippen molar-refractivity contribution in [2.75, 3.05) is 20.2 Å². The number of ether oxygens (including phenoxy) is 1. The summed E-state index contributed by atoms with van der Waals surface area (Å²) >= 11 is 3.56. The zero-order valence-electron chi connectivity index (χ0n) is 10.8. The van der Waals surface area contributed by atoms with Crippen LogP contribution >= 0.6 is 15.9 Å². The number of benzene rings is 1. The number of H-pyrrole nitrogens is 1. The smallest absolute Gasteiger partial charge is 0.122 e. The van der Waals surface area contributed by atoms with Crippen molar-refractivity contribution >= 4 is 15.9 Å². The van der Waals surface area contributed by atoms with Crippen LogP contribution < -0.4 is 10.1 Å². The third kappa shape index (κ3) is 2.53. The summed E-state index contributed by atoms with van der Waals surface area (Å²) in [6, 6.07) is 6.27. The first kappa shape index (κ1) is 12.7. The lowest BCUT2D eigenvalue weighted by Crippen LogP contribution is -2.11. The van der Waals surface area contributed by atoms with Crippen LogP contribution in [-0.4, -0.2) is 30.2 Å². The highest BCUT2D eigenvalue weighted by atomic mass is 79.9. The molecule has 0 saturated heterocycles. The van der Waals surface area contributed by atoms with Crippen molar-refractivity contribution in [3.8, 4) is 17.0 Å². The van der Waals surface area contributed by atoms with Crippen molar-refractivity contribution in [3.63, 3.8) is 0 Å². The molecule has 2 N–H and O–H groups in total. The van der Waals surface area contributed by atoms with Crippen LogP contribution in [0.4, 0.5) is 0 Å². The van der Waals surface area contributed by atoms with Gasteiger partial charge < -0.3 is 15.0 Å². The molecular weight excluding hydrogens is 306 g/mol. The number of aromatic nitrogens is 2. The van der Waals surface area contributed by atoms with Gasteiger partial charge in [-0.2, -0.15) is 0 Å². The number of nitrogens with zero attached hydrogens (tertiary/aromatic N) is 1. The van der Waals surface area contributed by atoms with Crippen molar-refractivity contribution in [2.24, 2.45) is 0 Å². The van der Waals surface area contributed by atoms with Gasteiger partial charge in [0.15, 0.2) is 0 Å². The molecule has 1 aromatic heterocycles. The molecule has 0 spiro atoms. The Kier molecular flexibility index (Phi) is 3.57. The molecular formula is C14H16BrN3O. The molecule has 2 aromatic rings. The second-order valence-electron chi connectivity index (χ2n) is 4.62. The van der Waals surface area contributed by atoms with Gasteiger partial charge in [0.1, 0.15) is 21.9 Å². The van der Waals surface area contributed by atoms with Crippen LogP contribution in [0.1, 0.15) is 11.4 Å². The highest BCUT2D eigenvalue weighted by Gasteiger charge is 2.15. The lowest BCUT2D eigenvalue weighted by Gasteiger charge is -2.02. The van der Waals surface area contributed by atoms with Gasteiger partial charge in [0.25, 0.3) is 0 Å². The predicted octanol–water partition coefficient (Wildman–Crippen LogP) is 2.54. The van der Waals surface area contributed by atoms with Crippen LogP contribution in [0, 0.1) is 0 Å². The van der Waals surface area contributed by atoms with E-state index in [2.05, 4.69) is 43.3 Å². The lowest BCUT2D eigenvalue weighted by atomic mass is 10.1. The van der Waals surface area contributed by atoms with Crippen molar-refractivity contribution in [1.29, 1.82) is 0 Å². The van der Waals surface area contributed by atoms with E-state index in [0.717, 1.165) is 53.4 Å². The summed E-state index contributed by atoms with van der Waals surface area (Å²) in [7, 11) is 1.94. The van der Waals surface area contributed by atoms with E-state index in [-0.39, 0.29) is 0 Å². The molecule has 0 bridgehead atoms. The number of imidazole rings is 1. The van der Waals surface area contributed by atoms with E-state index in [4.69, 9.17) is 4.74 Å². The van der Waals surface area contributed by atoms with Gasteiger partial charge in [0.05, 0.1) is 6.61 Å². The molecule has 0 amide bonds. The highest BCUT2D eigenvalue weighted by Crippen LogP contribution is 2.32. The molecule has 0 unspecified atom stereocenters.